The van der Waals surface area contributed by atoms with Gasteiger partial charge in [0.1, 0.15) is 19.3 Å². The fourth-order valence-corrected chi connectivity index (χ4v) is 4.56. The van der Waals surface area contributed by atoms with Crippen molar-refractivity contribution in [2.75, 3.05) is 32.7 Å². The number of ether oxygens (including phenoxy) is 1. The van der Waals surface area contributed by atoms with Crippen molar-refractivity contribution in [1.29, 1.82) is 0 Å². The van der Waals surface area contributed by atoms with Crippen LogP contribution in [0.15, 0.2) is 49.1 Å². The van der Waals surface area contributed by atoms with Crippen LogP contribution in [0.4, 0.5) is 0 Å². The number of aromatic nitrogens is 3. The summed E-state index contributed by atoms with van der Waals surface area (Å²) < 4.78 is 6.86. The summed E-state index contributed by atoms with van der Waals surface area (Å²) >= 11 is 0. The molecule has 2 aliphatic rings. The number of nitrogens with zero attached hydrogens (tertiary/aromatic N) is 5. The molecule has 3 aromatic rings. The SMILES string of the molecule is Cc1c(CCN2CCN(C(=O)Cc3ccc(-n4cncn4)cc3)CC2)ccc2c1COC2=O. The van der Waals surface area contributed by atoms with Gasteiger partial charge in [0.15, 0.2) is 0 Å². The Morgan fingerprint density at radius 2 is 1.85 bits per heavy atom. The predicted octanol–water partition coefficient (Wildman–Crippen LogP) is 2.18. The number of fused-ring (bicyclic) bond motifs is 1. The Balaban J connectivity index is 1.10. The molecule has 5 rings (SSSR count). The highest BCUT2D eigenvalue weighted by Gasteiger charge is 2.25. The summed E-state index contributed by atoms with van der Waals surface area (Å²) in [6.45, 7) is 6.66. The van der Waals surface area contributed by atoms with Gasteiger partial charge in [-0.25, -0.2) is 14.5 Å². The monoisotopic (exact) mass is 445 g/mol. The van der Waals surface area contributed by atoms with E-state index in [0.717, 1.165) is 56.0 Å². The molecule has 1 aromatic heterocycles. The van der Waals surface area contributed by atoms with Gasteiger partial charge in [-0.2, -0.15) is 5.10 Å². The Bertz CT molecular complexity index is 1150. The number of hydrogen-bond donors (Lipinski definition) is 0. The fourth-order valence-electron chi connectivity index (χ4n) is 4.56. The molecule has 170 valence electrons. The predicted molar refractivity (Wildman–Crippen MR) is 122 cm³/mol. The van der Waals surface area contributed by atoms with Crippen molar-refractivity contribution in [3.63, 3.8) is 0 Å². The zero-order valence-corrected chi connectivity index (χ0v) is 18.7. The highest BCUT2D eigenvalue weighted by atomic mass is 16.5. The first kappa shape index (κ1) is 21.3. The van der Waals surface area contributed by atoms with E-state index in [-0.39, 0.29) is 11.9 Å². The average molecular weight is 446 g/mol. The van der Waals surface area contributed by atoms with E-state index in [0.29, 0.717) is 18.6 Å². The molecule has 0 radical (unpaired) electrons. The van der Waals surface area contributed by atoms with Gasteiger partial charge in [0.2, 0.25) is 5.91 Å². The lowest BCUT2D eigenvalue weighted by Gasteiger charge is -2.35. The van der Waals surface area contributed by atoms with Crippen LogP contribution in [-0.4, -0.2) is 69.2 Å². The van der Waals surface area contributed by atoms with Crippen LogP contribution in [0.25, 0.3) is 5.69 Å². The van der Waals surface area contributed by atoms with Crippen molar-refractivity contribution in [1.82, 2.24) is 24.6 Å². The largest absolute Gasteiger partial charge is 0.457 e. The van der Waals surface area contributed by atoms with Crippen LogP contribution >= 0.6 is 0 Å². The lowest BCUT2D eigenvalue weighted by atomic mass is 9.96. The Hall–Kier alpha value is -3.52. The maximum atomic E-state index is 12.8. The molecular formula is C25H27N5O3. The van der Waals surface area contributed by atoms with Gasteiger partial charge in [0.25, 0.3) is 0 Å². The van der Waals surface area contributed by atoms with Crippen LogP contribution in [0.2, 0.25) is 0 Å². The number of carbonyl (C=O) groups excluding carboxylic acids is 2. The van der Waals surface area contributed by atoms with Crippen LogP contribution in [0.5, 0.6) is 0 Å². The maximum absolute atomic E-state index is 12.8. The molecule has 1 saturated heterocycles. The second kappa shape index (κ2) is 9.15. The number of esters is 1. The van der Waals surface area contributed by atoms with Crippen LogP contribution in [0.1, 0.15) is 32.6 Å². The van der Waals surface area contributed by atoms with Gasteiger partial charge >= 0.3 is 5.97 Å². The van der Waals surface area contributed by atoms with Crippen LogP contribution in [0.3, 0.4) is 0 Å². The van der Waals surface area contributed by atoms with Crippen LogP contribution in [0, 0.1) is 6.92 Å². The molecule has 1 fully saturated rings. The summed E-state index contributed by atoms with van der Waals surface area (Å²) in [5.74, 6) is -0.0473. The normalized spacial score (nSPS) is 16.0. The molecule has 0 atom stereocenters. The van der Waals surface area contributed by atoms with Crippen molar-refractivity contribution in [2.24, 2.45) is 0 Å². The Labute approximate surface area is 192 Å². The van der Waals surface area contributed by atoms with E-state index < -0.39 is 0 Å². The quantitative estimate of drug-likeness (QED) is 0.541. The molecule has 0 saturated carbocycles. The number of benzene rings is 2. The van der Waals surface area contributed by atoms with Gasteiger partial charge in [0, 0.05) is 38.3 Å². The van der Waals surface area contributed by atoms with Crippen molar-refractivity contribution < 1.29 is 14.3 Å². The molecule has 0 N–H and O–H groups in total. The van der Waals surface area contributed by atoms with Crippen molar-refractivity contribution in [3.8, 4) is 5.69 Å². The number of cyclic esters (lactones) is 1. The van der Waals surface area contributed by atoms with Crippen molar-refractivity contribution in [3.05, 3.63) is 76.9 Å². The first-order chi connectivity index (χ1) is 16.1. The molecular weight excluding hydrogens is 418 g/mol. The molecule has 2 aromatic carbocycles. The lowest BCUT2D eigenvalue weighted by Crippen LogP contribution is -2.49. The minimum atomic E-state index is -0.216. The summed E-state index contributed by atoms with van der Waals surface area (Å²) in [4.78, 5) is 32.8. The maximum Gasteiger partial charge on any atom is 0.338 e. The van der Waals surface area contributed by atoms with Gasteiger partial charge < -0.3 is 9.64 Å². The van der Waals surface area contributed by atoms with E-state index in [4.69, 9.17) is 4.74 Å². The van der Waals surface area contributed by atoms with E-state index in [1.807, 2.05) is 35.2 Å². The number of piperazine rings is 1. The third-order valence-corrected chi connectivity index (χ3v) is 6.68. The lowest BCUT2D eigenvalue weighted by molar-refractivity contribution is -0.132. The Morgan fingerprint density at radius 1 is 1.06 bits per heavy atom. The molecule has 3 heterocycles. The summed E-state index contributed by atoms with van der Waals surface area (Å²) in [6, 6.07) is 11.8. The van der Waals surface area contributed by atoms with E-state index >= 15 is 0 Å². The highest BCUT2D eigenvalue weighted by molar-refractivity contribution is 5.93. The van der Waals surface area contributed by atoms with E-state index in [2.05, 4.69) is 28.0 Å². The minimum absolute atomic E-state index is 0.169. The second-order valence-electron chi connectivity index (χ2n) is 8.61. The first-order valence-corrected chi connectivity index (χ1v) is 11.3. The number of rotatable bonds is 6. The Kier molecular flexibility index (Phi) is 5.92. The summed E-state index contributed by atoms with van der Waals surface area (Å²) in [6.07, 6.45) is 4.49. The van der Waals surface area contributed by atoms with Crippen molar-refractivity contribution >= 4 is 11.9 Å². The molecule has 2 aliphatic heterocycles. The van der Waals surface area contributed by atoms with Crippen LogP contribution < -0.4 is 0 Å². The standard InChI is InChI=1S/C25H27N5O3/c1-18-20(4-7-22-23(18)15-33-25(22)32)8-9-28-10-12-29(13-11-28)24(31)14-19-2-5-21(6-3-19)30-17-26-16-27-30/h2-7,16-17H,8-15H2,1H3. The first-order valence-electron chi connectivity index (χ1n) is 11.3. The molecule has 8 nitrogen and oxygen atoms in total. The van der Waals surface area contributed by atoms with Gasteiger partial charge in [-0.3, -0.25) is 9.69 Å². The molecule has 0 spiro atoms. The number of carbonyl (C=O) groups is 2. The molecule has 0 bridgehead atoms. The van der Waals surface area contributed by atoms with E-state index in [1.54, 1.807) is 11.0 Å². The highest BCUT2D eigenvalue weighted by Crippen LogP contribution is 2.26. The van der Waals surface area contributed by atoms with E-state index in [9.17, 15) is 9.59 Å². The summed E-state index contributed by atoms with van der Waals surface area (Å²) in [5.41, 5.74) is 6.09. The average Bonchev–Trinajstić information content (AvgIpc) is 3.50. The number of amides is 1. The smallest absolute Gasteiger partial charge is 0.338 e. The third kappa shape index (κ3) is 4.52. The van der Waals surface area contributed by atoms with Gasteiger partial charge in [-0.05, 0) is 48.2 Å². The molecule has 0 aliphatic carbocycles. The molecule has 33 heavy (non-hydrogen) atoms. The van der Waals surface area contributed by atoms with Gasteiger partial charge in [-0.15, -0.1) is 0 Å². The molecule has 0 unspecified atom stereocenters. The Morgan fingerprint density at radius 3 is 2.58 bits per heavy atom. The zero-order chi connectivity index (χ0) is 22.8. The minimum Gasteiger partial charge on any atom is -0.457 e. The second-order valence-corrected chi connectivity index (χ2v) is 8.61. The van der Waals surface area contributed by atoms with E-state index in [1.165, 1.54) is 17.5 Å². The molecule has 1 amide bonds. The van der Waals surface area contributed by atoms with Gasteiger partial charge in [-0.1, -0.05) is 18.2 Å². The topological polar surface area (TPSA) is 80.6 Å². The van der Waals surface area contributed by atoms with Crippen LogP contribution in [-0.2, 0) is 29.0 Å². The zero-order valence-electron chi connectivity index (χ0n) is 18.7. The fraction of sp³-hybridized carbons (Fsp3) is 0.360. The molecule has 8 heteroatoms. The third-order valence-electron chi connectivity index (χ3n) is 6.68. The summed E-state index contributed by atoms with van der Waals surface area (Å²) in [7, 11) is 0. The van der Waals surface area contributed by atoms with Crippen molar-refractivity contribution in [2.45, 2.75) is 26.4 Å². The number of hydrogen-bond acceptors (Lipinski definition) is 6. The summed E-state index contributed by atoms with van der Waals surface area (Å²) in [5, 5.41) is 4.12. The van der Waals surface area contributed by atoms with Gasteiger partial charge in [0.05, 0.1) is 17.7 Å².